The molecule has 1 amide bonds. The highest BCUT2D eigenvalue weighted by Crippen LogP contribution is 2.21. The Kier molecular flexibility index (Phi) is 6.72. The molecule has 26 heavy (non-hydrogen) atoms. The van der Waals surface area contributed by atoms with E-state index in [1.54, 1.807) is 12.1 Å². The van der Waals surface area contributed by atoms with Crippen molar-refractivity contribution in [2.75, 3.05) is 0 Å². The van der Waals surface area contributed by atoms with Crippen LogP contribution in [0.4, 0.5) is 4.39 Å². The summed E-state index contributed by atoms with van der Waals surface area (Å²) in [7, 11) is 0. The van der Waals surface area contributed by atoms with E-state index >= 15 is 0 Å². The highest BCUT2D eigenvalue weighted by molar-refractivity contribution is 5.80. The van der Waals surface area contributed by atoms with Gasteiger partial charge in [-0.3, -0.25) is 9.59 Å². The summed E-state index contributed by atoms with van der Waals surface area (Å²) in [6.07, 6.45) is -0.264. The summed E-state index contributed by atoms with van der Waals surface area (Å²) >= 11 is 0. The zero-order valence-electron chi connectivity index (χ0n) is 14.7. The number of rotatable bonds is 8. The number of hydrogen-bond acceptors (Lipinski definition) is 3. The molecule has 1 unspecified atom stereocenters. The molecule has 0 aliphatic heterocycles. The normalized spacial score (nSPS) is 11.8. The molecule has 2 rings (SSSR count). The minimum atomic E-state index is -1.05. The largest absolute Gasteiger partial charge is 0.491 e. The molecule has 0 fully saturated rings. The van der Waals surface area contributed by atoms with Gasteiger partial charge >= 0.3 is 5.97 Å². The topological polar surface area (TPSA) is 75.6 Å². The SMILES string of the molecule is CC(C)Oc1ccccc1CC(=O)NC(CC(=O)O)c1ccc(F)cc1. The molecule has 1 atom stereocenters. The second kappa shape index (κ2) is 8.99. The average molecular weight is 359 g/mol. The number of carbonyl (C=O) groups is 2. The smallest absolute Gasteiger partial charge is 0.305 e. The van der Waals surface area contributed by atoms with Crippen LogP contribution >= 0.6 is 0 Å². The number of amides is 1. The van der Waals surface area contributed by atoms with Gasteiger partial charge < -0.3 is 15.2 Å². The molecule has 0 spiro atoms. The van der Waals surface area contributed by atoms with Crippen molar-refractivity contribution in [2.24, 2.45) is 0 Å². The van der Waals surface area contributed by atoms with Crippen LogP contribution < -0.4 is 10.1 Å². The Bertz CT molecular complexity index is 759. The van der Waals surface area contributed by atoms with Gasteiger partial charge in [0, 0.05) is 5.56 Å². The van der Waals surface area contributed by atoms with Crippen molar-refractivity contribution in [3.63, 3.8) is 0 Å². The number of nitrogens with one attached hydrogen (secondary N) is 1. The van der Waals surface area contributed by atoms with Crippen molar-refractivity contribution >= 4 is 11.9 Å². The maximum atomic E-state index is 13.1. The minimum absolute atomic E-state index is 0.0295. The zero-order valence-corrected chi connectivity index (χ0v) is 14.7. The van der Waals surface area contributed by atoms with Gasteiger partial charge in [-0.1, -0.05) is 30.3 Å². The Morgan fingerprint density at radius 3 is 2.38 bits per heavy atom. The highest BCUT2D eigenvalue weighted by Gasteiger charge is 2.19. The van der Waals surface area contributed by atoms with Crippen LogP contribution in [-0.4, -0.2) is 23.1 Å². The van der Waals surface area contributed by atoms with E-state index in [4.69, 9.17) is 9.84 Å². The van der Waals surface area contributed by atoms with E-state index in [1.807, 2.05) is 26.0 Å². The van der Waals surface area contributed by atoms with Crippen LogP contribution in [-0.2, 0) is 16.0 Å². The van der Waals surface area contributed by atoms with Gasteiger partial charge in [-0.25, -0.2) is 4.39 Å². The first-order chi connectivity index (χ1) is 12.3. The highest BCUT2D eigenvalue weighted by atomic mass is 19.1. The number of ether oxygens (including phenoxy) is 1. The van der Waals surface area contributed by atoms with Gasteiger partial charge in [-0.2, -0.15) is 0 Å². The molecule has 0 aromatic heterocycles. The Balaban J connectivity index is 2.12. The van der Waals surface area contributed by atoms with Crippen molar-refractivity contribution in [3.05, 3.63) is 65.5 Å². The van der Waals surface area contributed by atoms with Crippen molar-refractivity contribution in [1.82, 2.24) is 5.32 Å². The summed E-state index contributed by atoms with van der Waals surface area (Å²) in [6, 6.07) is 11.9. The summed E-state index contributed by atoms with van der Waals surface area (Å²) in [6.45, 7) is 3.79. The molecule has 0 heterocycles. The number of hydrogen-bond donors (Lipinski definition) is 2. The molecule has 2 aromatic rings. The summed E-state index contributed by atoms with van der Waals surface area (Å²) in [5, 5.41) is 11.8. The number of halogens is 1. The summed E-state index contributed by atoms with van der Waals surface area (Å²) in [5.74, 6) is -1.19. The Hall–Kier alpha value is -2.89. The summed E-state index contributed by atoms with van der Waals surface area (Å²) in [4.78, 5) is 23.6. The van der Waals surface area contributed by atoms with E-state index in [-0.39, 0.29) is 24.9 Å². The molecule has 138 valence electrons. The number of benzene rings is 2. The second-order valence-corrected chi connectivity index (χ2v) is 6.22. The lowest BCUT2D eigenvalue weighted by molar-refractivity contribution is -0.137. The predicted molar refractivity (Wildman–Crippen MR) is 95.4 cm³/mol. The third-order valence-corrected chi connectivity index (χ3v) is 3.67. The van der Waals surface area contributed by atoms with E-state index in [0.29, 0.717) is 16.9 Å². The monoisotopic (exact) mass is 359 g/mol. The Labute approximate surface area is 151 Å². The first kappa shape index (κ1) is 19.4. The third-order valence-electron chi connectivity index (χ3n) is 3.67. The van der Waals surface area contributed by atoms with Crippen LogP contribution in [0.1, 0.15) is 37.4 Å². The number of carbonyl (C=O) groups excluding carboxylic acids is 1. The predicted octanol–water partition coefficient (Wildman–Crippen LogP) is 3.49. The Morgan fingerprint density at radius 1 is 1.12 bits per heavy atom. The molecule has 0 radical (unpaired) electrons. The van der Waals surface area contributed by atoms with Gasteiger partial charge in [0.1, 0.15) is 11.6 Å². The van der Waals surface area contributed by atoms with Gasteiger partial charge in [-0.15, -0.1) is 0 Å². The fourth-order valence-electron chi connectivity index (χ4n) is 2.56. The van der Waals surface area contributed by atoms with E-state index in [2.05, 4.69) is 5.32 Å². The number of carboxylic acids is 1. The molecule has 0 aliphatic carbocycles. The van der Waals surface area contributed by atoms with E-state index in [0.717, 1.165) is 0 Å². The van der Waals surface area contributed by atoms with E-state index in [1.165, 1.54) is 24.3 Å². The lowest BCUT2D eigenvalue weighted by Gasteiger charge is -2.19. The van der Waals surface area contributed by atoms with Crippen molar-refractivity contribution in [3.8, 4) is 5.75 Å². The van der Waals surface area contributed by atoms with Gasteiger partial charge in [0.25, 0.3) is 0 Å². The number of para-hydroxylation sites is 1. The van der Waals surface area contributed by atoms with Crippen LogP contribution in [0.2, 0.25) is 0 Å². The van der Waals surface area contributed by atoms with Gasteiger partial charge in [0.05, 0.1) is 25.0 Å². The van der Waals surface area contributed by atoms with Crippen LogP contribution in [0, 0.1) is 5.82 Å². The molecule has 2 aromatic carbocycles. The molecule has 5 nitrogen and oxygen atoms in total. The van der Waals surface area contributed by atoms with Crippen LogP contribution in [0.25, 0.3) is 0 Å². The third kappa shape index (κ3) is 5.88. The first-order valence-electron chi connectivity index (χ1n) is 8.36. The molecular weight excluding hydrogens is 337 g/mol. The average Bonchev–Trinajstić information content (AvgIpc) is 2.56. The fraction of sp³-hybridized carbons (Fsp3) is 0.300. The van der Waals surface area contributed by atoms with E-state index in [9.17, 15) is 14.0 Å². The molecule has 0 aliphatic rings. The van der Waals surface area contributed by atoms with Gasteiger partial charge in [-0.05, 0) is 37.6 Å². The quantitative estimate of drug-likeness (QED) is 0.757. The maximum Gasteiger partial charge on any atom is 0.305 e. The fourth-order valence-corrected chi connectivity index (χ4v) is 2.56. The van der Waals surface area contributed by atoms with Crippen molar-refractivity contribution < 1.29 is 23.8 Å². The summed E-state index contributed by atoms with van der Waals surface area (Å²) in [5.41, 5.74) is 1.25. The molecular formula is C20H22FNO4. The maximum absolute atomic E-state index is 13.1. The zero-order chi connectivity index (χ0) is 19.1. The second-order valence-electron chi connectivity index (χ2n) is 6.22. The molecule has 6 heteroatoms. The molecule has 2 N–H and O–H groups in total. The van der Waals surface area contributed by atoms with Crippen molar-refractivity contribution in [2.45, 2.75) is 38.8 Å². The molecule has 0 saturated heterocycles. The van der Waals surface area contributed by atoms with Crippen LogP contribution in [0.5, 0.6) is 5.75 Å². The standard InChI is InChI=1S/C20H22FNO4/c1-13(2)26-18-6-4-3-5-15(18)11-19(23)22-17(12-20(24)25)14-7-9-16(21)10-8-14/h3-10,13,17H,11-12H2,1-2H3,(H,22,23)(H,24,25). The van der Waals surface area contributed by atoms with E-state index < -0.39 is 17.8 Å². The first-order valence-corrected chi connectivity index (χ1v) is 8.36. The van der Waals surface area contributed by atoms with Gasteiger partial charge in [0.15, 0.2) is 0 Å². The van der Waals surface area contributed by atoms with Crippen LogP contribution in [0.15, 0.2) is 48.5 Å². The lowest BCUT2D eigenvalue weighted by Crippen LogP contribution is -2.31. The minimum Gasteiger partial charge on any atom is -0.491 e. The Morgan fingerprint density at radius 2 is 1.77 bits per heavy atom. The molecule has 0 saturated carbocycles. The lowest BCUT2D eigenvalue weighted by atomic mass is 10.0. The number of carboxylic acid groups (broad SMARTS) is 1. The number of aliphatic carboxylic acids is 1. The van der Waals surface area contributed by atoms with Gasteiger partial charge in [0.2, 0.25) is 5.91 Å². The molecule has 0 bridgehead atoms. The van der Waals surface area contributed by atoms with Crippen LogP contribution in [0.3, 0.4) is 0 Å². The summed E-state index contributed by atoms with van der Waals surface area (Å²) < 4.78 is 18.8. The van der Waals surface area contributed by atoms with Crippen molar-refractivity contribution in [1.29, 1.82) is 0 Å².